The van der Waals surface area contributed by atoms with Gasteiger partial charge in [-0.05, 0) is 49.6 Å². The normalized spacial score (nSPS) is 12.2. The van der Waals surface area contributed by atoms with E-state index in [1.54, 1.807) is 0 Å². The SMILES string of the molecule is CC[C@@H](C)Nc1c(Cc2ccccc2Cl)c(C)c(C#N)c2nc3ccccc3n12. The molecule has 4 nitrogen and oxygen atoms in total. The molecule has 4 rings (SSSR count). The molecular weight excluding hydrogens is 380 g/mol. The van der Waals surface area contributed by atoms with Gasteiger partial charge in [0.25, 0.3) is 0 Å². The molecular formula is C24H23ClN4. The Morgan fingerprint density at radius 1 is 1.17 bits per heavy atom. The van der Waals surface area contributed by atoms with Crippen LogP contribution >= 0.6 is 11.6 Å². The largest absolute Gasteiger partial charge is 0.368 e. The molecule has 2 aromatic carbocycles. The first-order valence-electron chi connectivity index (χ1n) is 9.87. The van der Waals surface area contributed by atoms with Crippen LogP contribution in [0.5, 0.6) is 0 Å². The second-order valence-corrected chi connectivity index (χ2v) is 7.83. The number of benzene rings is 2. The Morgan fingerprint density at radius 2 is 1.90 bits per heavy atom. The summed E-state index contributed by atoms with van der Waals surface area (Å²) in [5.74, 6) is 0.986. The van der Waals surface area contributed by atoms with Crippen LogP contribution in [0.25, 0.3) is 16.7 Å². The van der Waals surface area contributed by atoms with Crippen LogP contribution < -0.4 is 5.32 Å². The van der Waals surface area contributed by atoms with E-state index in [0.717, 1.165) is 45.0 Å². The fourth-order valence-corrected chi connectivity index (χ4v) is 3.92. The van der Waals surface area contributed by atoms with Crippen LogP contribution in [0.2, 0.25) is 5.02 Å². The van der Waals surface area contributed by atoms with E-state index in [1.807, 2.05) is 55.5 Å². The number of anilines is 1. The first-order chi connectivity index (χ1) is 14.0. The van der Waals surface area contributed by atoms with Gasteiger partial charge in [-0.2, -0.15) is 5.26 Å². The third kappa shape index (κ3) is 3.32. The number of hydrogen-bond acceptors (Lipinski definition) is 3. The molecule has 0 aliphatic heterocycles. The number of para-hydroxylation sites is 2. The van der Waals surface area contributed by atoms with Crippen molar-refractivity contribution in [1.29, 1.82) is 5.26 Å². The van der Waals surface area contributed by atoms with Gasteiger partial charge in [-0.25, -0.2) is 4.98 Å². The molecule has 0 amide bonds. The molecule has 1 N–H and O–H groups in total. The number of aromatic nitrogens is 2. The van der Waals surface area contributed by atoms with Crippen LogP contribution in [0.4, 0.5) is 5.82 Å². The first-order valence-corrected chi connectivity index (χ1v) is 10.3. The number of nitrogens with one attached hydrogen (secondary N) is 1. The molecule has 0 aliphatic carbocycles. The van der Waals surface area contributed by atoms with E-state index >= 15 is 0 Å². The number of imidazole rings is 1. The van der Waals surface area contributed by atoms with Crippen molar-refractivity contribution in [3.8, 4) is 6.07 Å². The van der Waals surface area contributed by atoms with Gasteiger partial charge in [-0.1, -0.05) is 48.9 Å². The predicted molar refractivity (Wildman–Crippen MR) is 120 cm³/mol. The van der Waals surface area contributed by atoms with Crippen molar-refractivity contribution < 1.29 is 0 Å². The number of rotatable bonds is 5. The molecule has 2 heterocycles. The Labute approximate surface area is 175 Å². The van der Waals surface area contributed by atoms with Crippen molar-refractivity contribution in [1.82, 2.24) is 9.38 Å². The third-order valence-corrected chi connectivity index (χ3v) is 5.92. The monoisotopic (exact) mass is 402 g/mol. The Balaban J connectivity index is 2.08. The van der Waals surface area contributed by atoms with E-state index < -0.39 is 0 Å². The molecule has 0 unspecified atom stereocenters. The van der Waals surface area contributed by atoms with Crippen LogP contribution in [-0.2, 0) is 6.42 Å². The van der Waals surface area contributed by atoms with Gasteiger partial charge in [0.2, 0.25) is 0 Å². The van der Waals surface area contributed by atoms with Crippen molar-refractivity contribution in [2.24, 2.45) is 0 Å². The van der Waals surface area contributed by atoms with Gasteiger partial charge in [-0.15, -0.1) is 0 Å². The lowest BCUT2D eigenvalue weighted by molar-refractivity contribution is 0.754. The highest BCUT2D eigenvalue weighted by Gasteiger charge is 2.22. The number of halogens is 1. The molecule has 0 saturated heterocycles. The Bertz CT molecular complexity index is 1250. The lowest BCUT2D eigenvalue weighted by atomic mass is 9.97. The summed E-state index contributed by atoms with van der Waals surface area (Å²) in [6, 6.07) is 18.6. The van der Waals surface area contributed by atoms with Crippen molar-refractivity contribution >= 4 is 34.1 Å². The average molecular weight is 403 g/mol. The van der Waals surface area contributed by atoms with Crippen LogP contribution in [0.15, 0.2) is 48.5 Å². The molecule has 0 aliphatic rings. The van der Waals surface area contributed by atoms with Crippen molar-refractivity contribution in [3.63, 3.8) is 0 Å². The first kappa shape index (κ1) is 19.3. The van der Waals surface area contributed by atoms with E-state index in [9.17, 15) is 5.26 Å². The zero-order valence-electron chi connectivity index (χ0n) is 16.8. The molecule has 0 saturated carbocycles. The minimum absolute atomic E-state index is 0.275. The number of nitriles is 1. The molecule has 5 heteroatoms. The minimum Gasteiger partial charge on any atom is -0.368 e. The smallest absolute Gasteiger partial charge is 0.157 e. The number of nitrogens with zero attached hydrogens (tertiary/aromatic N) is 3. The highest BCUT2D eigenvalue weighted by Crippen LogP contribution is 2.34. The van der Waals surface area contributed by atoms with Gasteiger partial charge in [0.15, 0.2) is 5.65 Å². The second-order valence-electron chi connectivity index (χ2n) is 7.42. The summed E-state index contributed by atoms with van der Waals surface area (Å²) < 4.78 is 2.10. The van der Waals surface area contributed by atoms with Crippen LogP contribution in [-0.4, -0.2) is 15.4 Å². The third-order valence-electron chi connectivity index (χ3n) is 5.55. The van der Waals surface area contributed by atoms with Crippen molar-refractivity contribution in [2.45, 2.75) is 39.7 Å². The van der Waals surface area contributed by atoms with Crippen LogP contribution in [0, 0.1) is 18.3 Å². The van der Waals surface area contributed by atoms with Crippen LogP contribution in [0.1, 0.15) is 42.5 Å². The van der Waals surface area contributed by atoms with Gasteiger partial charge in [-0.3, -0.25) is 4.40 Å². The highest BCUT2D eigenvalue weighted by molar-refractivity contribution is 6.31. The van der Waals surface area contributed by atoms with Crippen molar-refractivity contribution in [3.05, 3.63) is 75.8 Å². The predicted octanol–water partition coefficient (Wildman–Crippen LogP) is 6.12. The van der Waals surface area contributed by atoms with Crippen molar-refractivity contribution in [2.75, 3.05) is 5.32 Å². The molecule has 29 heavy (non-hydrogen) atoms. The second kappa shape index (κ2) is 7.77. The maximum atomic E-state index is 9.96. The molecule has 1 atom stereocenters. The number of pyridine rings is 1. The fourth-order valence-electron chi connectivity index (χ4n) is 3.72. The van der Waals surface area contributed by atoms with E-state index in [-0.39, 0.29) is 6.04 Å². The van der Waals surface area contributed by atoms with E-state index in [1.165, 1.54) is 0 Å². The average Bonchev–Trinajstić information content (AvgIpc) is 3.11. The van der Waals surface area contributed by atoms with Gasteiger partial charge >= 0.3 is 0 Å². The van der Waals surface area contributed by atoms with E-state index in [4.69, 9.17) is 16.6 Å². The Morgan fingerprint density at radius 3 is 2.62 bits per heavy atom. The Kier molecular flexibility index (Phi) is 5.17. The number of fused-ring (bicyclic) bond motifs is 3. The summed E-state index contributed by atoms with van der Waals surface area (Å²) in [5.41, 5.74) is 6.23. The summed E-state index contributed by atoms with van der Waals surface area (Å²) in [6.45, 7) is 6.33. The maximum absolute atomic E-state index is 9.96. The van der Waals surface area contributed by atoms with E-state index in [2.05, 4.69) is 29.6 Å². The maximum Gasteiger partial charge on any atom is 0.157 e. The van der Waals surface area contributed by atoms with Gasteiger partial charge in [0, 0.05) is 23.0 Å². The zero-order valence-corrected chi connectivity index (χ0v) is 17.6. The quantitative estimate of drug-likeness (QED) is 0.437. The van der Waals surface area contributed by atoms with Crippen LogP contribution in [0.3, 0.4) is 0 Å². The summed E-state index contributed by atoms with van der Waals surface area (Å²) in [6.07, 6.45) is 1.63. The summed E-state index contributed by atoms with van der Waals surface area (Å²) in [5, 5.41) is 14.4. The molecule has 0 fully saturated rings. The standard InChI is InChI=1S/C24H23ClN4/c1-4-15(2)27-23-18(13-17-9-5-6-10-20(17)25)16(3)19(14-26)24-28-21-11-7-8-12-22(21)29(23)24/h5-12,15,27H,4,13H2,1-3H3/t15-/m1/s1. The molecule has 2 aromatic heterocycles. The minimum atomic E-state index is 0.275. The van der Waals surface area contributed by atoms with E-state index in [0.29, 0.717) is 17.6 Å². The molecule has 4 aromatic rings. The summed E-state index contributed by atoms with van der Waals surface area (Å²) in [7, 11) is 0. The molecule has 146 valence electrons. The molecule has 0 bridgehead atoms. The van der Waals surface area contributed by atoms with Gasteiger partial charge in [0.05, 0.1) is 16.6 Å². The Hall–Kier alpha value is -3.03. The number of hydrogen-bond donors (Lipinski definition) is 1. The zero-order chi connectivity index (χ0) is 20.5. The molecule has 0 radical (unpaired) electrons. The topological polar surface area (TPSA) is 53.1 Å². The van der Waals surface area contributed by atoms with Gasteiger partial charge in [0.1, 0.15) is 11.9 Å². The lowest BCUT2D eigenvalue weighted by Gasteiger charge is -2.22. The molecule has 0 spiro atoms. The summed E-state index contributed by atoms with van der Waals surface area (Å²) in [4.78, 5) is 4.78. The lowest BCUT2D eigenvalue weighted by Crippen LogP contribution is -2.19. The van der Waals surface area contributed by atoms with Gasteiger partial charge < -0.3 is 5.32 Å². The summed E-state index contributed by atoms with van der Waals surface area (Å²) >= 11 is 6.47. The fraction of sp³-hybridized carbons (Fsp3) is 0.250. The highest BCUT2D eigenvalue weighted by atomic mass is 35.5.